The fourth-order valence-electron chi connectivity index (χ4n) is 6.19. The predicted molar refractivity (Wildman–Crippen MR) is 145 cm³/mol. The fraction of sp³-hybridized carbons (Fsp3) is 0.433. The largest absolute Gasteiger partial charge is 0.507 e. The van der Waals surface area contributed by atoms with E-state index in [1.54, 1.807) is 5.32 Å². The zero-order valence-corrected chi connectivity index (χ0v) is 24.2. The molecule has 6 atom stereocenters. The average molecular weight is 635 g/mol. The standard InChI is InChI=1S/C30H29F3N2O10/c1-11-27(44-13(3)37)17(35-28(42)30(31,32)33)8-19(43-11)45-18-10-29(34,12(2)36)9-16-20(18)26(41)22-21(25(16)40)23(38)14-6-4-5-7-15(14)24(22)39/h4-7,11,17-19,27,40-41H,8-10,34H2,1-3H3,(H,35,42)/t11-,17-,18-,19-,27+,29-/m0/s1. The number of rotatable bonds is 5. The second-order valence-electron chi connectivity index (χ2n) is 11.4. The number of hydrogen-bond donors (Lipinski definition) is 4. The number of halogens is 3. The lowest BCUT2D eigenvalue weighted by Crippen LogP contribution is -2.59. The minimum atomic E-state index is -5.26. The minimum absolute atomic E-state index is 0.00212. The molecule has 0 radical (unpaired) electrons. The van der Waals surface area contributed by atoms with Crippen LogP contribution in [-0.2, 0) is 35.0 Å². The van der Waals surface area contributed by atoms with Crippen LogP contribution >= 0.6 is 0 Å². The molecule has 15 heteroatoms. The van der Waals surface area contributed by atoms with Gasteiger partial charge in [0.25, 0.3) is 0 Å². The summed E-state index contributed by atoms with van der Waals surface area (Å²) >= 11 is 0. The first-order valence-corrected chi connectivity index (χ1v) is 13.9. The SMILES string of the molecule is CC(=O)O[C@H]1[C@@H](NC(=O)C(F)(F)F)C[C@H](O[C@H]2C[C@](N)(C(C)=O)Cc3c(O)c4c(c(O)c32)C(=O)c2ccccc2C4=O)O[C@H]1C. The number of alkyl halides is 3. The van der Waals surface area contributed by atoms with E-state index in [-0.39, 0.29) is 35.1 Å². The number of nitrogens with one attached hydrogen (secondary N) is 1. The predicted octanol–water partition coefficient (Wildman–Crippen LogP) is 2.28. The first-order chi connectivity index (χ1) is 20.9. The molecule has 1 aliphatic heterocycles. The summed E-state index contributed by atoms with van der Waals surface area (Å²) in [4.78, 5) is 63.1. The van der Waals surface area contributed by atoms with Crippen LogP contribution in [0.1, 0.15) is 82.7 Å². The van der Waals surface area contributed by atoms with Crippen molar-refractivity contribution in [2.45, 2.75) is 82.4 Å². The molecule has 2 aromatic carbocycles. The smallest absolute Gasteiger partial charge is 0.471 e. The number of benzene rings is 2. The van der Waals surface area contributed by atoms with Crippen LogP contribution in [-0.4, -0.2) is 75.7 Å². The Hall–Kier alpha value is -4.34. The summed E-state index contributed by atoms with van der Waals surface area (Å²) in [5, 5.41) is 24.7. The van der Waals surface area contributed by atoms with Crippen LogP contribution in [0.25, 0.3) is 0 Å². The molecule has 0 unspecified atom stereocenters. The number of carbonyl (C=O) groups excluding carboxylic acids is 5. The molecule has 2 aliphatic carbocycles. The maximum Gasteiger partial charge on any atom is 0.471 e. The van der Waals surface area contributed by atoms with Crippen LogP contribution in [0.3, 0.4) is 0 Å². The van der Waals surface area contributed by atoms with Crippen molar-refractivity contribution >= 4 is 29.2 Å². The van der Waals surface area contributed by atoms with Gasteiger partial charge in [0.15, 0.2) is 17.9 Å². The Balaban J connectivity index is 1.57. The van der Waals surface area contributed by atoms with Gasteiger partial charge in [-0.1, -0.05) is 24.3 Å². The second kappa shape index (κ2) is 11.2. The Kier molecular flexibility index (Phi) is 8.00. The molecule has 2 aromatic rings. The molecule has 45 heavy (non-hydrogen) atoms. The number of esters is 1. The van der Waals surface area contributed by atoms with Gasteiger partial charge in [0.05, 0.1) is 34.9 Å². The topological polar surface area (TPSA) is 192 Å². The van der Waals surface area contributed by atoms with E-state index in [0.717, 1.165) is 6.92 Å². The summed E-state index contributed by atoms with van der Waals surface area (Å²) in [5.41, 5.74) is 3.46. The summed E-state index contributed by atoms with van der Waals surface area (Å²) in [6.07, 6.45) is -11.7. The van der Waals surface area contributed by atoms with Gasteiger partial charge in [0.1, 0.15) is 23.4 Å². The third-order valence-electron chi connectivity index (χ3n) is 8.39. The first-order valence-electron chi connectivity index (χ1n) is 13.9. The maximum atomic E-state index is 13.5. The van der Waals surface area contributed by atoms with Gasteiger partial charge in [0.2, 0.25) is 0 Å². The number of ketones is 3. The number of hydrogen-bond acceptors (Lipinski definition) is 11. The molecule has 0 saturated carbocycles. The molecule has 0 aromatic heterocycles. The summed E-state index contributed by atoms with van der Waals surface area (Å²) in [7, 11) is 0. The summed E-state index contributed by atoms with van der Waals surface area (Å²) in [6.45, 7) is 3.59. The number of aromatic hydroxyl groups is 2. The molecule has 1 saturated heterocycles. The van der Waals surface area contributed by atoms with E-state index in [9.17, 15) is 47.4 Å². The van der Waals surface area contributed by atoms with Crippen LogP contribution in [0.5, 0.6) is 11.5 Å². The summed E-state index contributed by atoms with van der Waals surface area (Å²) in [6, 6.07) is 4.37. The van der Waals surface area contributed by atoms with Gasteiger partial charge >= 0.3 is 18.1 Å². The molecule has 5 rings (SSSR count). The average Bonchev–Trinajstić information content (AvgIpc) is 2.94. The van der Waals surface area contributed by atoms with Crippen molar-refractivity contribution < 1.29 is 61.6 Å². The molecule has 1 amide bonds. The van der Waals surface area contributed by atoms with Crippen molar-refractivity contribution in [3.05, 3.63) is 57.6 Å². The number of phenolic OH excluding ortho intramolecular Hbond substituents is 2. The van der Waals surface area contributed by atoms with Gasteiger partial charge in [-0.15, -0.1) is 0 Å². The third kappa shape index (κ3) is 5.55. The molecule has 1 fully saturated rings. The van der Waals surface area contributed by atoms with Gasteiger partial charge in [0, 0.05) is 48.4 Å². The number of ether oxygens (including phenoxy) is 3. The van der Waals surface area contributed by atoms with Crippen LogP contribution in [0, 0.1) is 0 Å². The van der Waals surface area contributed by atoms with Crippen molar-refractivity contribution in [3.63, 3.8) is 0 Å². The highest BCUT2D eigenvalue weighted by atomic mass is 19.4. The zero-order valence-electron chi connectivity index (χ0n) is 24.2. The number of phenols is 2. The van der Waals surface area contributed by atoms with E-state index >= 15 is 0 Å². The van der Waals surface area contributed by atoms with E-state index in [1.807, 2.05) is 0 Å². The van der Waals surface area contributed by atoms with Crippen LogP contribution in [0.4, 0.5) is 13.2 Å². The number of Topliss-reactive ketones (excluding diaryl/α,β-unsaturated/α-hetero) is 1. The van der Waals surface area contributed by atoms with Gasteiger partial charge in [-0.2, -0.15) is 13.2 Å². The quantitative estimate of drug-likeness (QED) is 0.238. The van der Waals surface area contributed by atoms with E-state index in [0.29, 0.717) is 0 Å². The number of fused-ring (bicyclic) bond motifs is 3. The van der Waals surface area contributed by atoms with E-state index in [4.69, 9.17) is 19.9 Å². The van der Waals surface area contributed by atoms with Crippen LogP contribution < -0.4 is 11.1 Å². The highest BCUT2D eigenvalue weighted by Crippen LogP contribution is 2.51. The van der Waals surface area contributed by atoms with E-state index in [2.05, 4.69) is 0 Å². The van der Waals surface area contributed by atoms with Crippen molar-refractivity contribution in [2.24, 2.45) is 5.73 Å². The van der Waals surface area contributed by atoms with E-state index in [1.165, 1.54) is 38.1 Å². The molecule has 12 nitrogen and oxygen atoms in total. The molecule has 1 heterocycles. The van der Waals surface area contributed by atoms with Crippen molar-refractivity contribution in [2.75, 3.05) is 0 Å². The van der Waals surface area contributed by atoms with Gasteiger partial charge in [-0.3, -0.25) is 24.0 Å². The molecular weight excluding hydrogens is 605 g/mol. The van der Waals surface area contributed by atoms with Crippen LogP contribution in [0.2, 0.25) is 0 Å². The number of carbonyl (C=O) groups is 5. The van der Waals surface area contributed by atoms with Crippen LogP contribution in [0.15, 0.2) is 24.3 Å². The summed E-state index contributed by atoms with van der Waals surface area (Å²) in [5.74, 6) is -6.57. The van der Waals surface area contributed by atoms with Crippen molar-refractivity contribution in [3.8, 4) is 11.5 Å². The van der Waals surface area contributed by atoms with Gasteiger partial charge in [-0.05, 0) is 13.8 Å². The lowest BCUT2D eigenvalue weighted by Gasteiger charge is -2.43. The van der Waals surface area contributed by atoms with Gasteiger partial charge in [-0.25, -0.2) is 0 Å². The Morgan fingerprint density at radius 1 is 1.04 bits per heavy atom. The highest BCUT2D eigenvalue weighted by Gasteiger charge is 2.50. The third-order valence-corrected chi connectivity index (χ3v) is 8.39. The van der Waals surface area contributed by atoms with Gasteiger partial charge < -0.3 is 35.5 Å². The Morgan fingerprint density at radius 2 is 1.62 bits per heavy atom. The molecule has 5 N–H and O–H groups in total. The number of amides is 1. The fourth-order valence-corrected chi connectivity index (χ4v) is 6.19. The zero-order chi connectivity index (χ0) is 33.2. The highest BCUT2D eigenvalue weighted by molar-refractivity contribution is 6.30. The van der Waals surface area contributed by atoms with Crippen molar-refractivity contribution in [1.82, 2.24) is 5.32 Å². The Labute approximate surface area is 253 Å². The molecule has 240 valence electrons. The maximum absolute atomic E-state index is 13.5. The molecular formula is C30H29F3N2O10. The molecule has 0 bridgehead atoms. The normalized spacial score (nSPS) is 27.6. The lowest BCUT2D eigenvalue weighted by atomic mass is 9.71. The lowest BCUT2D eigenvalue weighted by molar-refractivity contribution is -0.251. The van der Waals surface area contributed by atoms with E-state index < -0.39 is 101 Å². The number of nitrogens with two attached hydrogens (primary N) is 1. The monoisotopic (exact) mass is 634 g/mol. The first kappa shape index (κ1) is 32.1. The minimum Gasteiger partial charge on any atom is -0.507 e. The van der Waals surface area contributed by atoms with Crippen molar-refractivity contribution in [1.29, 1.82) is 0 Å². The molecule has 0 spiro atoms. The second-order valence-corrected chi connectivity index (χ2v) is 11.4. The Bertz CT molecular complexity index is 1640. The molecule has 3 aliphatic rings. The summed E-state index contributed by atoms with van der Waals surface area (Å²) < 4.78 is 56.4. The Morgan fingerprint density at radius 3 is 2.16 bits per heavy atom.